The van der Waals surface area contributed by atoms with Crippen molar-refractivity contribution in [2.45, 2.75) is 38.6 Å². The molecule has 0 aromatic heterocycles. The van der Waals surface area contributed by atoms with Crippen LogP contribution in [0.5, 0.6) is 0 Å². The highest BCUT2D eigenvalue weighted by molar-refractivity contribution is 7.89. The lowest BCUT2D eigenvalue weighted by molar-refractivity contribution is 0.388. The highest BCUT2D eigenvalue weighted by Crippen LogP contribution is 2.30. The van der Waals surface area contributed by atoms with Crippen molar-refractivity contribution >= 4 is 10.0 Å². The van der Waals surface area contributed by atoms with Crippen LogP contribution in [0.1, 0.15) is 31.4 Å². The van der Waals surface area contributed by atoms with Gasteiger partial charge in [-0.15, -0.1) is 0 Å². The summed E-state index contributed by atoms with van der Waals surface area (Å²) in [7, 11) is -3.65. The van der Waals surface area contributed by atoms with Gasteiger partial charge in [0.25, 0.3) is 0 Å². The summed E-state index contributed by atoms with van der Waals surface area (Å²) in [4.78, 5) is 0.0485. The van der Waals surface area contributed by atoms with Crippen LogP contribution in [0.25, 0.3) is 0 Å². The molecule has 6 heteroatoms. The summed E-state index contributed by atoms with van der Waals surface area (Å²) in [5, 5.41) is 0. The van der Waals surface area contributed by atoms with Gasteiger partial charge >= 0.3 is 0 Å². The van der Waals surface area contributed by atoms with E-state index in [2.05, 4.69) is 13.8 Å². The van der Waals surface area contributed by atoms with E-state index in [1.54, 1.807) is 0 Å². The van der Waals surface area contributed by atoms with Crippen LogP contribution in [0.2, 0.25) is 0 Å². The van der Waals surface area contributed by atoms with Gasteiger partial charge in [-0.2, -0.15) is 4.31 Å². The minimum absolute atomic E-state index is 0.0485. The highest BCUT2D eigenvalue weighted by Gasteiger charge is 2.35. The molecular weight excluding hydrogens is 291 g/mol. The molecule has 1 aromatic rings. The Morgan fingerprint density at radius 1 is 1.43 bits per heavy atom. The standard InChI is InChI=1S/C15H23FN2O2S/c1-10(2)13-4-5-18(9-13)21(19,20)15-7-12(8-17)6-14(16)11(15)3/h6-7,10,13H,4-5,8-9,17H2,1-3H3. The van der Waals surface area contributed by atoms with Crippen LogP contribution in [0, 0.1) is 24.6 Å². The van der Waals surface area contributed by atoms with Gasteiger partial charge in [0.15, 0.2) is 0 Å². The molecule has 118 valence electrons. The van der Waals surface area contributed by atoms with Crippen molar-refractivity contribution in [1.82, 2.24) is 4.31 Å². The van der Waals surface area contributed by atoms with E-state index in [0.29, 0.717) is 30.5 Å². The molecule has 21 heavy (non-hydrogen) atoms. The van der Waals surface area contributed by atoms with Crippen molar-refractivity contribution in [2.75, 3.05) is 13.1 Å². The van der Waals surface area contributed by atoms with Gasteiger partial charge in [-0.05, 0) is 42.9 Å². The van der Waals surface area contributed by atoms with Crippen molar-refractivity contribution in [3.8, 4) is 0 Å². The molecule has 1 unspecified atom stereocenters. The maximum Gasteiger partial charge on any atom is 0.243 e. The number of benzene rings is 1. The number of halogens is 1. The van der Waals surface area contributed by atoms with Gasteiger partial charge in [-0.25, -0.2) is 12.8 Å². The van der Waals surface area contributed by atoms with Gasteiger partial charge < -0.3 is 5.73 Å². The Labute approximate surface area is 126 Å². The fraction of sp³-hybridized carbons (Fsp3) is 0.600. The molecular formula is C15H23FN2O2S. The Kier molecular flexibility index (Phi) is 4.70. The average molecular weight is 314 g/mol. The molecule has 0 saturated carbocycles. The minimum Gasteiger partial charge on any atom is -0.326 e. The van der Waals surface area contributed by atoms with Crippen molar-refractivity contribution in [3.63, 3.8) is 0 Å². The Hall–Kier alpha value is -0.980. The van der Waals surface area contributed by atoms with Crippen LogP contribution in [0.15, 0.2) is 17.0 Å². The summed E-state index contributed by atoms with van der Waals surface area (Å²) in [5.74, 6) is 0.289. The average Bonchev–Trinajstić information content (AvgIpc) is 2.92. The van der Waals surface area contributed by atoms with Gasteiger partial charge in [0, 0.05) is 25.2 Å². The summed E-state index contributed by atoms with van der Waals surface area (Å²) in [6.07, 6.45) is 0.856. The second-order valence-corrected chi connectivity index (χ2v) is 7.97. The molecule has 1 saturated heterocycles. The molecule has 0 bridgehead atoms. The summed E-state index contributed by atoms with van der Waals surface area (Å²) < 4.78 is 40.9. The van der Waals surface area contributed by atoms with E-state index in [1.807, 2.05) is 0 Å². The van der Waals surface area contributed by atoms with Crippen molar-refractivity contribution < 1.29 is 12.8 Å². The second kappa shape index (κ2) is 6.02. The maximum atomic E-state index is 13.9. The number of nitrogens with two attached hydrogens (primary N) is 1. The molecule has 1 heterocycles. The van der Waals surface area contributed by atoms with E-state index in [1.165, 1.54) is 23.4 Å². The number of hydrogen-bond acceptors (Lipinski definition) is 3. The number of nitrogens with zero attached hydrogens (tertiary/aromatic N) is 1. The van der Waals surface area contributed by atoms with Gasteiger partial charge in [-0.1, -0.05) is 13.8 Å². The zero-order valence-corrected chi connectivity index (χ0v) is 13.6. The Morgan fingerprint density at radius 3 is 2.62 bits per heavy atom. The van der Waals surface area contributed by atoms with Crippen LogP contribution in [-0.2, 0) is 16.6 Å². The first-order valence-corrected chi connectivity index (χ1v) is 8.70. The normalized spacial score (nSPS) is 20.4. The van der Waals surface area contributed by atoms with E-state index < -0.39 is 15.8 Å². The van der Waals surface area contributed by atoms with Gasteiger partial charge in [0.2, 0.25) is 10.0 Å². The monoisotopic (exact) mass is 314 g/mol. The SMILES string of the molecule is Cc1c(F)cc(CN)cc1S(=O)(=O)N1CCC(C(C)C)C1. The third-order valence-electron chi connectivity index (χ3n) is 4.34. The van der Waals surface area contributed by atoms with E-state index in [0.717, 1.165) is 6.42 Å². The third-order valence-corrected chi connectivity index (χ3v) is 6.33. The zero-order chi connectivity index (χ0) is 15.8. The lowest BCUT2D eigenvalue weighted by Gasteiger charge is -2.20. The minimum atomic E-state index is -3.65. The van der Waals surface area contributed by atoms with Crippen molar-refractivity contribution in [3.05, 3.63) is 29.1 Å². The number of rotatable bonds is 4. The van der Waals surface area contributed by atoms with E-state index in [4.69, 9.17) is 5.73 Å². The summed E-state index contributed by atoms with van der Waals surface area (Å²) >= 11 is 0. The summed E-state index contributed by atoms with van der Waals surface area (Å²) in [6.45, 7) is 6.82. The van der Waals surface area contributed by atoms with Crippen molar-refractivity contribution in [1.29, 1.82) is 0 Å². The molecule has 2 rings (SSSR count). The Balaban J connectivity index is 2.39. The van der Waals surface area contributed by atoms with Gasteiger partial charge in [0.1, 0.15) is 5.82 Å². The summed E-state index contributed by atoms with van der Waals surface area (Å²) in [6, 6.07) is 2.80. The second-order valence-electron chi connectivity index (χ2n) is 6.06. The summed E-state index contributed by atoms with van der Waals surface area (Å²) in [5.41, 5.74) is 6.18. The molecule has 0 spiro atoms. The Bertz CT molecular complexity index is 629. The van der Waals surface area contributed by atoms with E-state index >= 15 is 0 Å². The fourth-order valence-electron chi connectivity index (χ4n) is 2.75. The first-order chi connectivity index (χ1) is 9.77. The molecule has 1 atom stereocenters. The van der Waals surface area contributed by atoms with Crippen LogP contribution in [0.4, 0.5) is 4.39 Å². The van der Waals surface area contributed by atoms with E-state index in [9.17, 15) is 12.8 Å². The zero-order valence-electron chi connectivity index (χ0n) is 12.8. The van der Waals surface area contributed by atoms with Crippen LogP contribution in [-0.4, -0.2) is 25.8 Å². The van der Waals surface area contributed by atoms with Gasteiger partial charge in [-0.3, -0.25) is 0 Å². The quantitative estimate of drug-likeness (QED) is 0.927. The van der Waals surface area contributed by atoms with Crippen molar-refractivity contribution in [2.24, 2.45) is 17.6 Å². The highest BCUT2D eigenvalue weighted by atomic mass is 32.2. The predicted octanol–water partition coefficient (Wildman–Crippen LogP) is 2.26. The predicted molar refractivity (Wildman–Crippen MR) is 80.7 cm³/mol. The van der Waals surface area contributed by atoms with Crippen LogP contribution >= 0.6 is 0 Å². The molecule has 1 fully saturated rings. The van der Waals surface area contributed by atoms with Gasteiger partial charge in [0.05, 0.1) is 4.90 Å². The Morgan fingerprint density at radius 2 is 2.10 bits per heavy atom. The molecule has 4 nitrogen and oxygen atoms in total. The fourth-order valence-corrected chi connectivity index (χ4v) is 4.54. The molecule has 0 radical (unpaired) electrons. The first-order valence-electron chi connectivity index (χ1n) is 7.26. The molecule has 1 aliphatic rings. The van der Waals surface area contributed by atoms with Crippen LogP contribution < -0.4 is 5.73 Å². The number of sulfonamides is 1. The topological polar surface area (TPSA) is 63.4 Å². The molecule has 1 aromatic carbocycles. The smallest absolute Gasteiger partial charge is 0.243 e. The molecule has 2 N–H and O–H groups in total. The lowest BCUT2D eigenvalue weighted by atomic mass is 9.96. The molecule has 1 aliphatic heterocycles. The first kappa shape index (κ1) is 16.4. The largest absolute Gasteiger partial charge is 0.326 e. The van der Waals surface area contributed by atoms with Crippen LogP contribution in [0.3, 0.4) is 0 Å². The maximum absolute atomic E-state index is 13.9. The lowest BCUT2D eigenvalue weighted by Crippen LogP contribution is -2.30. The van der Waals surface area contributed by atoms with E-state index in [-0.39, 0.29) is 17.0 Å². The number of hydrogen-bond donors (Lipinski definition) is 1. The molecule has 0 amide bonds. The molecule has 0 aliphatic carbocycles. The third kappa shape index (κ3) is 3.12.